The number of carbonyl (C=O) groups is 1. The first-order valence-corrected chi connectivity index (χ1v) is 8.27. The second-order valence-electron chi connectivity index (χ2n) is 6.15. The molecule has 0 unspecified atom stereocenters. The first-order valence-electron chi connectivity index (χ1n) is 7.89. The molecule has 0 spiro atoms. The van der Waals surface area contributed by atoms with Gasteiger partial charge in [0, 0.05) is 18.8 Å². The summed E-state index contributed by atoms with van der Waals surface area (Å²) >= 11 is 6.15. The molecule has 2 fully saturated rings. The first-order chi connectivity index (χ1) is 10.2. The Morgan fingerprint density at radius 2 is 2.05 bits per heavy atom. The lowest BCUT2D eigenvalue weighted by atomic mass is 10.1. The van der Waals surface area contributed by atoms with Crippen LogP contribution in [0.1, 0.15) is 49.4 Å². The second-order valence-corrected chi connectivity index (χ2v) is 6.56. The van der Waals surface area contributed by atoms with Crippen LogP contribution in [0.5, 0.6) is 0 Å². The van der Waals surface area contributed by atoms with Gasteiger partial charge < -0.3 is 10.6 Å². The minimum absolute atomic E-state index is 0.0641. The molecular formula is C16H22ClN3O. The van der Waals surface area contributed by atoms with Crippen LogP contribution in [0.3, 0.4) is 0 Å². The molecule has 2 saturated carbocycles. The molecule has 2 aliphatic rings. The Bertz CT molecular complexity index is 514. The van der Waals surface area contributed by atoms with Crippen molar-refractivity contribution < 1.29 is 4.79 Å². The fourth-order valence-corrected chi connectivity index (χ4v) is 2.91. The number of hydrogen-bond donors (Lipinski definition) is 2. The molecule has 21 heavy (non-hydrogen) atoms. The Morgan fingerprint density at radius 1 is 1.38 bits per heavy atom. The van der Waals surface area contributed by atoms with Crippen LogP contribution in [0.4, 0.5) is 5.82 Å². The lowest BCUT2D eigenvalue weighted by Crippen LogP contribution is -2.38. The summed E-state index contributed by atoms with van der Waals surface area (Å²) < 4.78 is 0. The Kier molecular flexibility index (Phi) is 4.34. The zero-order chi connectivity index (χ0) is 14.8. The topological polar surface area (TPSA) is 54.0 Å². The van der Waals surface area contributed by atoms with Crippen molar-refractivity contribution in [2.24, 2.45) is 11.8 Å². The molecule has 1 amide bonds. The van der Waals surface area contributed by atoms with E-state index >= 15 is 0 Å². The Morgan fingerprint density at radius 3 is 2.62 bits per heavy atom. The standard InChI is InChI=1S/C16H22ClN3O/c1-2-7-18-14-8-12(13(17)9-19-14)16(21)20-15(10-3-4-10)11-5-6-11/h8-11,15H,2-7H2,1H3,(H,18,19)(H,20,21). The van der Waals surface area contributed by atoms with Crippen LogP contribution in [-0.4, -0.2) is 23.5 Å². The van der Waals surface area contributed by atoms with Gasteiger partial charge in [-0.05, 0) is 50.0 Å². The average molecular weight is 308 g/mol. The van der Waals surface area contributed by atoms with E-state index in [9.17, 15) is 4.79 Å². The Labute approximate surface area is 130 Å². The molecule has 0 aromatic carbocycles. The van der Waals surface area contributed by atoms with Gasteiger partial charge in [-0.3, -0.25) is 4.79 Å². The third-order valence-corrected chi connectivity index (χ3v) is 4.51. The quantitative estimate of drug-likeness (QED) is 0.811. The largest absolute Gasteiger partial charge is 0.370 e. The van der Waals surface area contributed by atoms with Gasteiger partial charge in [0.25, 0.3) is 5.91 Å². The molecule has 0 saturated heterocycles. The molecule has 5 heteroatoms. The van der Waals surface area contributed by atoms with Crippen molar-refractivity contribution >= 4 is 23.3 Å². The number of nitrogens with zero attached hydrogens (tertiary/aromatic N) is 1. The predicted molar refractivity (Wildman–Crippen MR) is 84.7 cm³/mol. The van der Waals surface area contributed by atoms with Crippen molar-refractivity contribution in [1.82, 2.24) is 10.3 Å². The Hall–Kier alpha value is -1.29. The Balaban J connectivity index is 1.70. The van der Waals surface area contributed by atoms with Crippen LogP contribution in [0, 0.1) is 11.8 Å². The summed E-state index contributed by atoms with van der Waals surface area (Å²) in [4.78, 5) is 16.7. The molecule has 2 aliphatic carbocycles. The van der Waals surface area contributed by atoms with Crippen LogP contribution in [0.15, 0.2) is 12.3 Å². The number of pyridine rings is 1. The average Bonchev–Trinajstić information content (AvgIpc) is 3.37. The van der Waals surface area contributed by atoms with Crippen molar-refractivity contribution in [1.29, 1.82) is 0 Å². The van der Waals surface area contributed by atoms with E-state index in [1.807, 2.05) is 0 Å². The number of halogens is 1. The van der Waals surface area contributed by atoms with Gasteiger partial charge in [0.05, 0.1) is 10.6 Å². The molecule has 0 bridgehead atoms. The van der Waals surface area contributed by atoms with Gasteiger partial charge in [-0.1, -0.05) is 18.5 Å². The van der Waals surface area contributed by atoms with E-state index in [0.29, 0.717) is 34.3 Å². The maximum Gasteiger partial charge on any atom is 0.253 e. The highest BCUT2D eigenvalue weighted by molar-refractivity contribution is 6.33. The van der Waals surface area contributed by atoms with Gasteiger partial charge in [-0.25, -0.2) is 4.98 Å². The van der Waals surface area contributed by atoms with E-state index in [1.165, 1.54) is 25.7 Å². The van der Waals surface area contributed by atoms with E-state index < -0.39 is 0 Å². The minimum atomic E-state index is -0.0641. The predicted octanol–water partition coefficient (Wildman–Crippen LogP) is 3.48. The van der Waals surface area contributed by atoms with Gasteiger partial charge >= 0.3 is 0 Å². The number of rotatable bonds is 7. The molecule has 114 valence electrons. The number of amides is 1. The van der Waals surface area contributed by atoms with Crippen LogP contribution in [0.2, 0.25) is 5.02 Å². The third kappa shape index (κ3) is 3.67. The van der Waals surface area contributed by atoms with E-state index in [2.05, 4.69) is 22.5 Å². The van der Waals surface area contributed by atoms with E-state index in [4.69, 9.17) is 11.6 Å². The van der Waals surface area contributed by atoms with Crippen molar-refractivity contribution in [2.45, 2.75) is 45.1 Å². The first kappa shape index (κ1) is 14.6. The highest BCUT2D eigenvalue weighted by atomic mass is 35.5. The smallest absolute Gasteiger partial charge is 0.253 e. The van der Waals surface area contributed by atoms with Crippen molar-refractivity contribution in [3.8, 4) is 0 Å². The number of anilines is 1. The van der Waals surface area contributed by atoms with Gasteiger partial charge in [-0.2, -0.15) is 0 Å². The molecule has 4 nitrogen and oxygen atoms in total. The zero-order valence-electron chi connectivity index (χ0n) is 12.4. The molecule has 0 aliphatic heterocycles. The molecule has 3 rings (SSSR count). The van der Waals surface area contributed by atoms with E-state index in [-0.39, 0.29) is 5.91 Å². The van der Waals surface area contributed by atoms with E-state index in [0.717, 1.165) is 13.0 Å². The number of aromatic nitrogens is 1. The fraction of sp³-hybridized carbons (Fsp3) is 0.625. The minimum Gasteiger partial charge on any atom is -0.370 e. The summed E-state index contributed by atoms with van der Waals surface area (Å²) in [5.74, 6) is 2.01. The molecule has 1 aromatic heterocycles. The van der Waals surface area contributed by atoms with Crippen LogP contribution in [0.25, 0.3) is 0 Å². The molecule has 1 heterocycles. The van der Waals surface area contributed by atoms with Crippen LogP contribution in [-0.2, 0) is 0 Å². The van der Waals surface area contributed by atoms with Crippen molar-refractivity contribution in [3.05, 3.63) is 22.8 Å². The highest BCUT2D eigenvalue weighted by Crippen LogP contribution is 2.44. The molecule has 0 atom stereocenters. The second kappa shape index (κ2) is 6.22. The van der Waals surface area contributed by atoms with Crippen molar-refractivity contribution in [2.75, 3.05) is 11.9 Å². The third-order valence-electron chi connectivity index (χ3n) is 4.21. The molecule has 2 N–H and O–H groups in total. The number of hydrogen-bond acceptors (Lipinski definition) is 3. The summed E-state index contributed by atoms with van der Waals surface area (Å²) in [6.45, 7) is 2.93. The summed E-state index contributed by atoms with van der Waals surface area (Å²) in [7, 11) is 0. The van der Waals surface area contributed by atoms with Crippen LogP contribution < -0.4 is 10.6 Å². The highest BCUT2D eigenvalue weighted by Gasteiger charge is 2.42. The number of carbonyl (C=O) groups excluding carboxylic acids is 1. The van der Waals surface area contributed by atoms with Gasteiger partial charge in [0.15, 0.2) is 0 Å². The summed E-state index contributed by atoms with van der Waals surface area (Å²) in [5.41, 5.74) is 0.525. The maximum atomic E-state index is 12.5. The van der Waals surface area contributed by atoms with Gasteiger partial charge in [0.1, 0.15) is 5.82 Å². The molecular weight excluding hydrogens is 286 g/mol. The fourth-order valence-electron chi connectivity index (χ4n) is 2.72. The lowest BCUT2D eigenvalue weighted by molar-refractivity contribution is 0.0926. The molecule has 0 radical (unpaired) electrons. The van der Waals surface area contributed by atoms with E-state index in [1.54, 1.807) is 12.3 Å². The lowest BCUT2D eigenvalue weighted by Gasteiger charge is -2.18. The van der Waals surface area contributed by atoms with Crippen LogP contribution >= 0.6 is 11.6 Å². The zero-order valence-corrected chi connectivity index (χ0v) is 13.1. The molecule has 1 aromatic rings. The summed E-state index contributed by atoms with van der Waals surface area (Å²) in [6, 6.07) is 2.10. The monoisotopic (exact) mass is 307 g/mol. The van der Waals surface area contributed by atoms with Crippen molar-refractivity contribution in [3.63, 3.8) is 0 Å². The number of nitrogens with one attached hydrogen (secondary N) is 2. The normalized spacial score (nSPS) is 17.9. The maximum absolute atomic E-state index is 12.5. The summed E-state index contributed by atoms with van der Waals surface area (Å²) in [5, 5.41) is 6.81. The SMILES string of the molecule is CCCNc1cc(C(=O)NC(C2CC2)C2CC2)c(Cl)cn1. The van der Waals surface area contributed by atoms with Gasteiger partial charge in [0.2, 0.25) is 0 Å². The summed E-state index contributed by atoms with van der Waals surface area (Å²) in [6.07, 6.45) is 7.54. The van der Waals surface area contributed by atoms with Gasteiger partial charge in [-0.15, -0.1) is 0 Å².